The van der Waals surface area contributed by atoms with E-state index in [2.05, 4.69) is 21.2 Å². The van der Waals surface area contributed by atoms with Crippen molar-refractivity contribution in [2.75, 3.05) is 5.32 Å². The zero-order valence-corrected chi connectivity index (χ0v) is 8.07. The van der Waals surface area contributed by atoms with Crippen molar-refractivity contribution in [2.24, 2.45) is 0 Å². The summed E-state index contributed by atoms with van der Waals surface area (Å²) in [5.41, 5.74) is 0.985. The summed E-state index contributed by atoms with van der Waals surface area (Å²) in [6.45, 7) is 0. The van der Waals surface area contributed by atoms with E-state index in [-0.39, 0.29) is 5.82 Å². The van der Waals surface area contributed by atoms with Gasteiger partial charge in [0, 0.05) is 16.2 Å². The quantitative estimate of drug-likeness (QED) is 0.822. The van der Waals surface area contributed by atoms with Crippen LogP contribution < -0.4 is 5.32 Å². The third-order valence-corrected chi connectivity index (χ3v) is 2.52. The van der Waals surface area contributed by atoms with Crippen LogP contribution in [0.3, 0.4) is 0 Å². The van der Waals surface area contributed by atoms with Gasteiger partial charge in [0.15, 0.2) is 0 Å². The largest absolute Gasteiger partial charge is 0.381 e. The number of hydrogen-bond acceptors (Lipinski definition) is 1. The third kappa shape index (κ3) is 1.78. The number of nitrogens with one attached hydrogen (secondary N) is 1. The van der Waals surface area contributed by atoms with Crippen molar-refractivity contribution >= 4 is 21.6 Å². The summed E-state index contributed by atoms with van der Waals surface area (Å²) in [6.07, 6.45) is 2.45. The number of hydrogen-bond donors (Lipinski definition) is 1. The lowest BCUT2D eigenvalue weighted by atomic mass is 10.3. The monoisotopic (exact) mass is 229 g/mol. The highest BCUT2D eigenvalue weighted by Crippen LogP contribution is 2.29. The molecule has 1 aliphatic rings. The molecule has 64 valence electrons. The molecule has 0 heterocycles. The van der Waals surface area contributed by atoms with Gasteiger partial charge in [-0.2, -0.15) is 0 Å². The molecular formula is C9H9BrFN. The average molecular weight is 230 g/mol. The van der Waals surface area contributed by atoms with E-state index in [1.807, 2.05) is 0 Å². The maximum Gasteiger partial charge on any atom is 0.124 e. The molecule has 0 bridgehead atoms. The Morgan fingerprint density at radius 2 is 2.17 bits per heavy atom. The van der Waals surface area contributed by atoms with Gasteiger partial charge in [0.25, 0.3) is 0 Å². The van der Waals surface area contributed by atoms with E-state index in [9.17, 15) is 4.39 Å². The number of rotatable bonds is 2. The molecule has 1 aromatic carbocycles. The van der Waals surface area contributed by atoms with Gasteiger partial charge in [-0.05, 0) is 47.0 Å². The van der Waals surface area contributed by atoms with Crippen molar-refractivity contribution in [3.05, 3.63) is 28.5 Å². The second kappa shape index (κ2) is 3.05. The Morgan fingerprint density at radius 3 is 2.75 bits per heavy atom. The smallest absolute Gasteiger partial charge is 0.124 e. The van der Waals surface area contributed by atoms with Gasteiger partial charge in [0.1, 0.15) is 5.82 Å². The summed E-state index contributed by atoms with van der Waals surface area (Å²) in [5, 5.41) is 3.30. The predicted molar refractivity (Wildman–Crippen MR) is 50.7 cm³/mol. The minimum Gasteiger partial charge on any atom is -0.381 e. The minimum atomic E-state index is -0.205. The molecule has 0 amide bonds. The van der Waals surface area contributed by atoms with E-state index in [0.717, 1.165) is 10.2 Å². The van der Waals surface area contributed by atoms with Gasteiger partial charge in [-0.15, -0.1) is 0 Å². The molecule has 0 aromatic heterocycles. The summed E-state index contributed by atoms with van der Waals surface area (Å²) < 4.78 is 13.4. The first-order valence-electron chi connectivity index (χ1n) is 3.97. The predicted octanol–water partition coefficient (Wildman–Crippen LogP) is 3.16. The first-order valence-corrected chi connectivity index (χ1v) is 4.76. The fourth-order valence-corrected chi connectivity index (χ4v) is 1.52. The van der Waals surface area contributed by atoms with Crippen LogP contribution in [0.15, 0.2) is 22.7 Å². The molecule has 1 aliphatic carbocycles. The maximum absolute atomic E-state index is 12.6. The lowest BCUT2D eigenvalue weighted by molar-refractivity contribution is 0.627. The molecule has 0 aliphatic heterocycles. The maximum atomic E-state index is 12.6. The molecule has 1 saturated carbocycles. The van der Waals surface area contributed by atoms with Crippen molar-refractivity contribution in [3.63, 3.8) is 0 Å². The molecular weight excluding hydrogens is 221 g/mol. The Kier molecular flexibility index (Phi) is 2.05. The van der Waals surface area contributed by atoms with Crippen molar-refractivity contribution in [2.45, 2.75) is 18.9 Å². The van der Waals surface area contributed by atoms with Gasteiger partial charge >= 0.3 is 0 Å². The van der Waals surface area contributed by atoms with Gasteiger partial charge in [0.2, 0.25) is 0 Å². The second-order valence-corrected chi connectivity index (χ2v) is 3.90. The lowest BCUT2D eigenvalue weighted by Gasteiger charge is -2.06. The third-order valence-electron chi connectivity index (χ3n) is 1.87. The van der Waals surface area contributed by atoms with Crippen LogP contribution >= 0.6 is 15.9 Å². The molecule has 12 heavy (non-hydrogen) atoms. The summed E-state index contributed by atoms with van der Waals surface area (Å²) in [4.78, 5) is 0. The highest BCUT2D eigenvalue weighted by Gasteiger charge is 2.21. The molecule has 3 heteroatoms. The molecule has 1 fully saturated rings. The first kappa shape index (κ1) is 8.05. The molecule has 0 saturated heterocycles. The highest BCUT2D eigenvalue weighted by atomic mass is 79.9. The summed E-state index contributed by atoms with van der Waals surface area (Å²) in [7, 11) is 0. The van der Waals surface area contributed by atoms with Crippen LogP contribution in [-0.4, -0.2) is 6.04 Å². The number of anilines is 1. The summed E-state index contributed by atoms with van der Waals surface area (Å²) in [6, 6.07) is 5.31. The Labute approximate surface area is 79.1 Å². The Balaban J connectivity index is 2.18. The molecule has 0 atom stereocenters. The van der Waals surface area contributed by atoms with Crippen LogP contribution in [0.5, 0.6) is 0 Å². The minimum absolute atomic E-state index is 0.205. The molecule has 0 spiro atoms. The Hall–Kier alpha value is -0.570. The molecule has 0 unspecified atom stereocenters. The van der Waals surface area contributed by atoms with Gasteiger partial charge < -0.3 is 5.32 Å². The van der Waals surface area contributed by atoms with Gasteiger partial charge in [-0.25, -0.2) is 4.39 Å². The molecule has 1 aromatic rings. The zero-order chi connectivity index (χ0) is 8.55. The van der Waals surface area contributed by atoms with Gasteiger partial charge in [-0.3, -0.25) is 0 Å². The SMILES string of the molecule is Fc1ccc(NC2CC2)c(Br)c1. The van der Waals surface area contributed by atoms with E-state index in [1.54, 1.807) is 6.07 Å². The number of benzene rings is 1. The van der Waals surface area contributed by atoms with E-state index in [1.165, 1.54) is 25.0 Å². The topological polar surface area (TPSA) is 12.0 Å². The van der Waals surface area contributed by atoms with Crippen molar-refractivity contribution < 1.29 is 4.39 Å². The van der Waals surface area contributed by atoms with Crippen LogP contribution in [0, 0.1) is 5.82 Å². The van der Waals surface area contributed by atoms with Crippen LogP contribution in [0.2, 0.25) is 0 Å². The molecule has 1 nitrogen and oxygen atoms in total. The molecule has 0 radical (unpaired) electrons. The van der Waals surface area contributed by atoms with E-state index < -0.39 is 0 Å². The summed E-state index contributed by atoms with van der Waals surface area (Å²) >= 11 is 3.30. The number of halogens is 2. The second-order valence-electron chi connectivity index (χ2n) is 3.04. The van der Waals surface area contributed by atoms with E-state index in [4.69, 9.17) is 0 Å². The van der Waals surface area contributed by atoms with Crippen molar-refractivity contribution in [3.8, 4) is 0 Å². The van der Waals surface area contributed by atoms with Crippen LogP contribution in [-0.2, 0) is 0 Å². The normalized spacial score (nSPS) is 16.2. The lowest BCUT2D eigenvalue weighted by Crippen LogP contribution is -2.01. The molecule has 2 rings (SSSR count). The fraction of sp³-hybridized carbons (Fsp3) is 0.333. The standard InChI is InChI=1S/C9H9BrFN/c10-8-5-6(11)1-4-9(8)12-7-2-3-7/h1,4-5,7,12H,2-3H2. The van der Waals surface area contributed by atoms with Gasteiger partial charge in [-0.1, -0.05) is 0 Å². The Bertz CT molecular complexity index is 297. The first-order chi connectivity index (χ1) is 5.75. The van der Waals surface area contributed by atoms with Crippen molar-refractivity contribution in [1.29, 1.82) is 0 Å². The molecule has 1 N–H and O–H groups in total. The van der Waals surface area contributed by atoms with Gasteiger partial charge in [0.05, 0.1) is 0 Å². The van der Waals surface area contributed by atoms with Crippen LogP contribution in [0.4, 0.5) is 10.1 Å². The fourth-order valence-electron chi connectivity index (χ4n) is 1.05. The summed E-state index contributed by atoms with van der Waals surface area (Å²) in [5.74, 6) is -0.205. The van der Waals surface area contributed by atoms with Crippen LogP contribution in [0.25, 0.3) is 0 Å². The van der Waals surface area contributed by atoms with Crippen molar-refractivity contribution in [1.82, 2.24) is 0 Å². The zero-order valence-electron chi connectivity index (χ0n) is 6.48. The Morgan fingerprint density at radius 1 is 1.42 bits per heavy atom. The highest BCUT2D eigenvalue weighted by molar-refractivity contribution is 9.10. The van der Waals surface area contributed by atoms with E-state index in [0.29, 0.717) is 6.04 Å². The average Bonchev–Trinajstić information content (AvgIpc) is 2.79. The van der Waals surface area contributed by atoms with Crippen LogP contribution in [0.1, 0.15) is 12.8 Å². The van der Waals surface area contributed by atoms with E-state index >= 15 is 0 Å².